The van der Waals surface area contributed by atoms with Crippen molar-refractivity contribution in [1.82, 2.24) is 0 Å². The number of aryl methyl sites for hydroxylation is 1. The fraction of sp³-hybridized carbons (Fsp3) is 0.123. The Morgan fingerprint density at radius 3 is 2.00 bits per heavy atom. The van der Waals surface area contributed by atoms with Crippen molar-refractivity contribution in [2.75, 3.05) is 0 Å². The van der Waals surface area contributed by atoms with E-state index in [2.05, 4.69) is 190 Å². The second kappa shape index (κ2) is 12.9. The SMILES string of the molecule is CC1(C)C2=C(CCC=C2)c2cc(-c3c4ccccc4c(-c4ccc5c(c4)c4c(p5-c5ccccc5)C=CCC4)c4ccc(-c5cccc6ccccc56)cc34)ccc21. The molecule has 58 heavy (non-hydrogen) atoms. The molecule has 1 unspecified atom stereocenters. The van der Waals surface area contributed by atoms with Gasteiger partial charge >= 0.3 is 0 Å². The molecule has 0 spiro atoms. The molecule has 12 rings (SSSR count). The lowest BCUT2D eigenvalue weighted by Gasteiger charge is -2.24. The Morgan fingerprint density at radius 2 is 1.14 bits per heavy atom. The predicted molar refractivity (Wildman–Crippen MR) is 252 cm³/mol. The Hall–Kier alpha value is -6.20. The molecular weight excluding hydrogens is 716 g/mol. The topological polar surface area (TPSA) is 0 Å². The number of hydrogen-bond acceptors (Lipinski definition) is 0. The Kier molecular flexibility index (Phi) is 7.54. The van der Waals surface area contributed by atoms with Crippen LogP contribution in [-0.2, 0) is 11.8 Å². The molecule has 8 aromatic carbocycles. The van der Waals surface area contributed by atoms with Crippen LogP contribution in [0.3, 0.4) is 0 Å². The summed E-state index contributed by atoms with van der Waals surface area (Å²) in [5.41, 5.74) is 15.3. The molecular formula is C57H43P. The monoisotopic (exact) mass is 758 g/mol. The van der Waals surface area contributed by atoms with Gasteiger partial charge in [-0.1, -0.05) is 173 Å². The van der Waals surface area contributed by atoms with Crippen molar-refractivity contribution < 1.29 is 0 Å². The van der Waals surface area contributed by atoms with Crippen molar-refractivity contribution in [3.63, 3.8) is 0 Å². The van der Waals surface area contributed by atoms with Crippen LogP contribution in [0.4, 0.5) is 0 Å². The van der Waals surface area contributed by atoms with Crippen molar-refractivity contribution in [3.05, 3.63) is 197 Å². The molecule has 3 aliphatic carbocycles. The van der Waals surface area contributed by atoms with Gasteiger partial charge in [-0.3, -0.25) is 0 Å². The minimum atomic E-state index is -0.575. The summed E-state index contributed by atoms with van der Waals surface area (Å²) in [5, 5.41) is 13.7. The van der Waals surface area contributed by atoms with E-state index in [4.69, 9.17) is 0 Å². The Bertz CT molecular complexity index is 3280. The van der Waals surface area contributed by atoms with E-state index >= 15 is 0 Å². The molecule has 0 radical (unpaired) electrons. The average Bonchev–Trinajstić information content (AvgIpc) is 3.73. The van der Waals surface area contributed by atoms with Crippen LogP contribution in [0.25, 0.3) is 93.2 Å². The van der Waals surface area contributed by atoms with Gasteiger partial charge in [-0.2, -0.15) is 0 Å². The number of hydrogen-bond donors (Lipinski definition) is 0. The van der Waals surface area contributed by atoms with Crippen LogP contribution in [0, 0.1) is 0 Å². The maximum absolute atomic E-state index is 2.55. The first kappa shape index (κ1) is 33.9. The van der Waals surface area contributed by atoms with Crippen molar-refractivity contribution >= 4 is 62.0 Å². The zero-order chi connectivity index (χ0) is 38.5. The number of allylic oxidation sites excluding steroid dienone is 5. The molecule has 0 nitrogen and oxygen atoms in total. The lowest BCUT2D eigenvalue weighted by Crippen LogP contribution is -2.16. The van der Waals surface area contributed by atoms with E-state index in [1.54, 1.807) is 5.56 Å². The zero-order valence-corrected chi connectivity index (χ0v) is 33.9. The second-order valence-electron chi connectivity index (χ2n) is 17.0. The van der Waals surface area contributed by atoms with E-state index in [0.717, 1.165) is 25.7 Å². The average molecular weight is 759 g/mol. The van der Waals surface area contributed by atoms with Gasteiger partial charge in [0.1, 0.15) is 0 Å². The van der Waals surface area contributed by atoms with Crippen LogP contribution in [0.1, 0.15) is 55.1 Å². The lowest BCUT2D eigenvalue weighted by molar-refractivity contribution is 0.651. The largest absolute Gasteiger partial charge is 0.0839 e. The van der Waals surface area contributed by atoms with E-state index < -0.39 is 7.53 Å². The fourth-order valence-electron chi connectivity index (χ4n) is 10.9. The highest BCUT2D eigenvalue weighted by Crippen LogP contribution is 2.57. The highest BCUT2D eigenvalue weighted by molar-refractivity contribution is 7.64. The second-order valence-corrected chi connectivity index (χ2v) is 19.2. The first-order chi connectivity index (χ1) is 28.5. The van der Waals surface area contributed by atoms with Crippen LogP contribution in [0.15, 0.2) is 175 Å². The van der Waals surface area contributed by atoms with Gasteiger partial charge in [0.2, 0.25) is 0 Å². The molecule has 0 aliphatic heterocycles. The summed E-state index contributed by atoms with van der Waals surface area (Å²) in [5.74, 6) is 0. The first-order valence-corrected chi connectivity index (χ1v) is 22.3. The van der Waals surface area contributed by atoms with Crippen LogP contribution < -0.4 is 0 Å². The summed E-state index contributed by atoms with van der Waals surface area (Å²) >= 11 is 0. The molecule has 1 atom stereocenters. The van der Waals surface area contributed by atoms with Crippen molar-refractivity contribution in [1.29, 1.82) is 0 Å². The highest BCUT2D eigenvalue weighted by Gasteiger charge is 2.37. The Labute approximate surface area is 341 Å². The maximum Gasteiger partial charge on any atom is 0.0155 e. The summed E-state index contributed by atoms with van der Waals surface area (Å²) < 4.78 is 0. The van der Waals surface area contributed by atoms with E-state index in [1.165, 1.54) is 109 Å². The fourth-order valence-corrected chi connectivity index (χ4v) is 13.6. The van der Waals surface area contributed by atoms with Crippen LogP contribution in [-0.4, -0.2) is 0 Å². The standard InChI is InChI=1S/C57H43P/c1-57(2)51-25-12-10-20-43(51)48-34-38(28-31-52(48)57)56-46-23-9-8-22-45(46)55(47-30-27-37(33-50(47)56)42-24-14-16-36-15-6-7-19-41(36)42)39-29-32-54-49(35-39)44-21-11-13-26-53(44)58(54)40-17-4-3-5-18-40/h3-9,12-19,22-35H,10-11,20-21H2,1-2H3. The van der Waals surface area contributed by atoms with Crippen LogP contribution >= 0.6 is 7.53 Å². The van der Waals surface area contributed by atoms with Gasteiger partial charge in [-0.15, -0.1) is 0 Å². The van der Waals surface area contributed by atoms with E-state index in [-0.39, 0.29) is 5.41 Å². The molecule has 1 aromatic heterocycles. The van der Waals surface area contributed by atoms with Gasteiger partial charge in [0.25, 0.3) is 0 Å². The minimum absolute atomic E-state index is 0.00744. The maximum atomic E-state index is 2.55. The Balaban J connectivity index is 1.16. The lowest BCUT2D eigenvalue weighted by atomic mass is 9.79. The number of rotatable bonds is 4. The molecule has 9 aromatic rings. The summed E-state index contributed by atoms with van der Waals surface area (Å²) in [6, 6.07) is 58.1. The molecule has 0 fully saturated rings. The molecule has 1 heteroatoms. The smallest absolute Gasteiger partial charge is 0.0155 e. The molecule has 1 heterocycles. The normalized spacial score (nSPS) is 15.7. The molecule has 0 bridgehead atoms. The molecule has 3 aliphatic rings. The summed E-state index contributed by atoms with van der Waals surface area (Å²) in [6.07, 6.45) is 14.0. The quantitative estimate of drug-likeness (QED) is 0.157. The Morgan fingerprint density at radius 1 is 0.483 bits per heavy atom. The highest BCUT2D eigenvalue weighted by atomic mass is 31.1. The number of benzene rings is 8. The van der Waals surface area contributed by atoms with E-state index in [1.807, 2.05) is 0 Å². The molecule has 0 amide bonds. The van der Waals surface area contributed by atoms with Gasteiger partial charge in [-0.05, 0) is 154 Å². The van der Waals surface area contributed by atoms with Crippen molar-refractivity contribution in [2.24, 2.45) is 0 Å². The molecule has 0 saturated carbocycles. The van der Waals surface area contributed by atoms with Gasteiger partial charge in [-0.25, -0.2) is 0 Å². The summed E-state index contributed by atoms with van der Waals surface area (Å²) in [6.45, 7) is 4.81. The first-order valence-electron chi connectivity index (χ1n) is 21.0. The van der Waals surface area contributed by atoms with Crippen molar-refractivity contribution in [2.45, 2.75) is 44.9 Å². The summed E-state index contributed by atoms with van der Waals surface area (Å²) in [4.78, 5) is 0. The van der Waals surface area contributed by atoms with Gasteiger partial charge < -0.3 is 0 Å². The number of fused-ring (bicyclic) bond motifs is 8. The summed E-state index contributed by atoms with van der Waals surface area (Å²) in [7, 11) is -0.575. The van der Waals surface area contributed by atoms with Crippen LogP contribution in [0.2, 0.25) is 0 Å². The van der Waals surface area contributed by atoms with E-state index in [0.29, 0.717) is 0 Å². The molecule has 276 valence electrons. The van der Waals surface area contributed by atoms with E-state index in [9.17, 15) is 0 Å². The zero-order valence-electron chi connectivity index (χ0n) is 33.0. The third-order valence-electron chi connectivity index (χ3n) is 13.5. The predicted octanol–water partition coefficient (Wildman–Crippen LogP) is 16.6. The van der Waals surface area contributed by atoms with Gasteiger partial charge in [0.05, 0.1) is 0 Å². The van der Waals surface area contributed by atoms with Gasteiger partial charge in [0.15, 0.2) is 0 Å². The third kappa shape index (κ3) is 4.95. The van der Waals surface area contributed by atoms with Crippen molar-refractivity contribution in [3.8, 4) is 38.7 Å². The third-order valence-corrected chi connectivity index (χ3v) is 16.1. The van der Waals surface area contributed by atoms with Crippen LogP contribution in [0.5, 0.6) is 0 Å². The molecule has 0 N–H and O–H groups in total. The molecule has 0 saturated heterocycles. The minimum Gasteiger partial charge on any atom is -0.0839 e. The van der Waals surface area contributed by atoms with Gasteiger partial charge in [0, 0.05) is 15.8 Å².